The number of nitrogens with one attached hydrogen (secondary N) is 2. The fourth-order valence-corrected chi connectivity index (χ4v) is 3.11. The number of nitrogens with two attached hydrogens (primary N) is 1. The molecule has 5 nitrogen and oxygen atoms in total. The molecule has 0 spiro atoms. The number of ketones is 1. The molecule has 96 valence electrons. The highest BCUT2D eigenvalue weighted by Gasteiger charge is 2.21. The van der Waals surface area contributed by atoms with Crippen molar-refractivity contribution in [2.45, 2.75) is 25.8 Å². The lowest BCUT2D eigenvalue weighted by Gasteiger charge is -2.24. The van der Waals surface area contributed by atoms with Crippen LogP contribution in [0, 0.1) is 11.3 Å². The number of carbonyl (C=O) groups excluding carboxylic acids is 1. The second kappa shape index (κ2) is 5.38. The summed E-state index contributed by atoms with van der Waals surface area (Å²) in [6.07, 6.45) is 2.02. The highest BCUT2D eigenvalue weighted by Crippen LogP contribution is 2.36. The first-order chi connectivity index (χ1) is 8.63. The van der Waals surface area contributed by atoms with Crippen LogP contribution in [-0.4, -0.2) is 24.9 Å². The van der Waals surface area contributed by atoms with E-state index >= 15 is 0 Å². The van der Waals surface area contributed by atoms with Gasteiger partial charge in [0.25, 0.3) is 0 Å². The smallest absolute Gasteiger partial charge is 0.171 e. The Kier molecular flexibility index (Phi) is 3.84. The number of nitriles is 1. The van der Waals surface area contributed by atoms with Crippen LogP contribution in [0.2, 0.25) is 0 Å². The van der Waals surface area contributed by atoms with E-state index in [4.69, 9.17) is 11.0 Å². The van der Waals surface area contributed by atoms with Crippen molar-refractivity contribution in [3.63, 3.8) is 0 Å². The monoisotopic (exact) mass is 264 g/mol. The lowest BCUT2D eigenvalue weighted by atomic mass is 10.1. The molecule has 0 unspecified atom stereocenters. The minimum absolute atomic E-state index is 0.0904. The summed E-state index contributed by atoms with van der Waals surface area (Å²) in [7, 11) is 0. The number of hydrogen-bond acceptors (Lipinski definition) is 6. The molecule has 1 saturated heterocycles. The van der Waals surface area contributed by atoms with Gasteiger partial charge in [0.2, 0.25) is 0 Å². The van der Waals surface area contributed by atoms with Crippen molar-refractivity contribution in [3.8, 4) is 6.07 Å². The molecule has 1 aromatic rings. The van der Waals surface area contributed by atoms with Crippen molar-refractivity contribution in [3.05, 3.63) is 10.4 Å². The molecule has 0 bridgehead atoms. The van der Waals surface area contributed by atoms with Crippen LogP contribution >= 0.6 is 11.3 Å². The van der Waals surface area contributed by atoms with Gasteiger partial charge < -0.3 is 16.4 Å². The van der Waals surface area contributed by atoms with Gasteiger partial charge in [0.05, 0.1) is 10.6 Å². The second-order valence-electron chi connectivity index (χ2n) is 4.39. The zero-order valence-corrected chi connectivity index (χ0v) is 11.1. The zero-order valence-electron chi connectivity index (χ0n) is 10.2. The standard InChI is InChI=1S/C12H16N4OS/c1-7(17)11-10(14)9(6-13)12(18-11)16-8-2-4-15-5-3-8/h8,15-16H,2-5,14H2,1H3. The fourth-order valence-electron chi connectivity index (χ4n) is 2.07. The number of hydrogen-bond donors (Lipinski definition) is 3. The molecule has 1 aliphatic rings. The minimum Gasteiger partial charge on any atom is -0.396 e. The summed E-state index contributed by atoms with van der Waals surface area (Å²) in [6.45, 7) is 3.41. The zero-order chi connectivity index (χ0) is 13.1. The molecular weight excluding hydrogens is 248 g/mol. The molecule has 6 heteroatoms. The lowest BCUT2D eigenvalue weighted by Crippen LogP contribution is -2.35. The molecule has 1 aromatic heterocycles. The van der Waals surface area contributed by atoms with Crippen molar-refractivity contribution in [2.24, 2.45) is 0 Å². The van der Waals surface area contributed by atoms with Gasteiger partial charge >= 0.3 is 0 Å². The number of carbonyl (C=O) groups is 1. The SMILES string of the molecule is CC(=O)c1sc(NC2CCNCC2)c(C#N)c1N. The predicted molar refractivity (Wildman–Crippen MR) is 73.0 cm³/mol. The Hall–Kier alpha value is -1.58. The number of Topliss-reactive ketones (excluding diaryl/α,β-unsaturated/α-hetero) is 1. The predicted octanol–water partition coefficient (Wildman–Crippen LogP) is 1.57. The Balaban J connectivity index is 2.24. The van der Waals surface area contributed by atoms with E-state index in [9.17, 15) is 4.79 Å². The van der Waals surface area contributed by atoms with Crippen molar-refractivity contribution in [1.29, 1.82) is 5.26 Å². The van der Waals surface area contributed by atoms with Gasteiger partial charge in [-0.1, -0.05) is 0 Å². The van der Waals surface area contributed by atoms with Crippen LogP contribution in [0.25, 0.3) is 0 Å². The Labute approximate surface area is 110 Å². The van der Waals surface area contributed by atoms with Crippen LogP contribution in [0.4, 0.5) is 10.7 Å². The molecule has 2 rings (SSSR count). The maximum absolute atomic E-state index is 11.4. The summed E-state index contributed by atoms with van der Waals surface area (Å²) in [6, 6.07) is 2.43. The molecule has 0 aliphatic carbocycles. The van der Waals surface area contributed by atoms with Crippen molar-refractivity contribution in [2.75, 3.05) is 24.1 Å². The summed E-state index contributed by atoms with van der Waals surface area (Å²) in [4.78, 5) is 11.9. The maximum atomic E-state index is 11.4. The lowest BCUT2D eigenvalue weighted by molar-refractivity contribution is 0.102. The van der Waals surface area contributed by atoms with Crippen LogP contribution in [0.5, 0.6) is 0 Å². The number of nitrogens with zero attached hydrogens (tertiary/aromatic N) is 1. The quantitative estimate of drug-likeness (QED) is 0.721. The Morgan fingerprint density at radius 1 is 1.56 bits per heavy atom. The van der Waals surface area contributed by atoms with E-state index in [-0.39, 0.29) is 5.78 Å². The molecule has 0 saturated carbocycles. The first-order valence-electron chi connectivity index (χ1n) is 5.94. The Morgan fingerprint density at radius 2 is 2.22 bits per heavy atom. The van der Waals surface area contributed by atoms with Gasteiger partial charge in [0.15, 0.2) is 5.78 Å². The molecule has 0 amide bonds. The molecule has 1 fully saturated rings. The number of thiophene rings is 1. The van der Waals surface area contributed by atoms with Crippen LogP contribution in [0.3, 0.4) is 0 Å². The van der Waals surface area contributed by atoms with Crippen molar-refractivity contribution >= 4 is 27.8 Å². The van der Waals surface area contributed by atoms with Crippen LogP contribution < -0.4 is 16.4 Å². The summed E-state index contributed by atoms with van der Waals surface area (Å²) in [5.74, 6) is -0.0904. The topological polar surface area (TPSA) is 90.9 Å². The van der Waals surface area contributed by atoms with E-state index in [1.807, 2.05) is 0 Å². The van der Waals surface area contributed by atoms with Gasteiger partial charge in [-0.25, -0.2) is 0 Å². The van der Waals surface area contributed by atoms with E-state index in [1.54, 1.807) is 0 Å². The van der Waals surface area contributed by atoms with E-state index in [0.29, 0.717) is 22.2 Å². The van der Waals surface area contributed by atoms with Gasteiger partial charge in [-0.05, 0) is 25.9 Å². The van der Waals surface area contributed by atoms with E-state index < -0.39 is 0 Å². The Bertz CT molecular complexity index is 497. The minimum atomic E-state index is -0.0904. The van der Waals surface area contributed by atoms with Gasteiger partial charge in [0.1, 0.15) is 16.6 Å². The van der Waals surface area contributed by atoms with Gasteiger partial charge in [-0.2, -0.15) is 5.26 Å². The maximum Gasteiger partial charge on any atom is 0.171 e. The second-order valence-corrected chi connectivity index (χ2v) is 5.41. The van der Waals surface area contributed by atoms with Gasteiger partial charge in [0, 0.05) is 13.0 Å². The van der Waals surface area contributed by atoms with E-state index in [0.717, 1.165) is 30.9 Å². The van der Waals surface area contributed by atoms with Crippen molar-refractivity contribution in [1.82, 2.24) is 5.32 Å². The van der Waals surface area contributed by atoms with Crippen LogP contribution in [0.15, 0.2) is 0 Å². The summed E-state index contributed by atoms with van der Waals surface area (Å²) in [5, 5.41) is 16.5. The largest absolute Gasteiger partial charge is 0.396 e. The van der Waals surface area contributed by atoms with Gasteiger partial charge in [-0.15, -0.1) is 11.3 Å². The molecule has 0 radical (unpaired) electrons. The summed E-state index contributed by atoms with van der Waals surface area (Å²) in [5.41, 5.74) is 6.55. The summed E-state index contributed by atoms with van der Waals surface area (Å²) >= 11 is 1.28. The van der Waals surface area contributed by atoms with Gasteiger partial charge in [-0.3, -0.25) is 4.79 Å². The third kappa shape index (κ3) is 2.47. The average molecular weight is 264 g/mol. The molecule has 2 heterocycles. The number of anilines is 2. The molecule has 0 atom stereocenters. The van der Waals surface area contributed by atoms with Crippen LogP contribution in [-0.2, 0) is 0 Å². The molecule has 1 aliphatic heterocycles. The first kappa shape index (κ1) is 12.9. The Morgan fingerprint density at radius 3 is 2.78 bits per heavy atom. The van der Waals surface area contributed by atoms with Crippen LogP contribution in [0.1, 0.15) is 35.0 Å². The molecule has 18 heavy (non-hydrogen) atoms. The highest BCUT2D eigenvalue weighted by atomic mass is 32.1. The number of rotatable bonds is 3. The molecule has 4 N–H and O–H groups in total. The molecule has 0 aromatic carbocycles. The third-order valence-corrected chi connectivity index (χ3v) is 4.29. The van der Waals surface area contributed by atoms with E-state index in [2.05, 4.69) is 16.7 Å². The number of nitrogen functional groups attached to an aromatic ring is 1. The molecular formula is C12H16N4OS. The highest BCUT2D eigenvalue weighted by molar-refractivity contribution is 7.19. The number of piperidine rings is 1. The normalized spacial score (nSPS) is 16.2. The summed E-state index contributed by atoms with van der Waals surface area (Å²) < 4.78 is 0. The fraction of sp³-hybridized carbons (Fsp3) is 0.500. The third-order valence-electron chi connectivity index (χ3n) is 3.05. The van der Waals surface area contributed by atoms with E-state index in [1.165, 1.54) is 18.3 Å². The van der Waals surface area contributed by atoms with Crippen molar-refractivity contribution < 1.29 is 4.79 Å². The average Bonchev–Trinajstić information content (AvgIpc) is 2.67. The first-order valence-corrected chi connectivity index (χ1v) is 6.75.